The zero-order chi connectivity index (χ0) is 13.4. The van der Waals surface area contributed by atoms with Crippen LogP contribution in [0.2, 0.25) is 0 Å². The van der Waals surface area contributed by atoms with Crippen molar-refractivity contribution in [1.29, 1.82) is 0 Å². The molecular weight excluding hydrogens is 260 g/mol. The van der Waals surface area contributed by atoms with Gasteiger partial charge < -0.3 is 11.1 Å². The number of thiazole rings is 1. The van der Waals surface area contributed by atoms with Crippen molar-refractivity contribution in [3.63, 3.8) is 0 Å². The molecule has 0 saturated heterocycles. The summed E-state index contributed by atoms with van der Waals surface area (Å²) in [5, 5.41) is 11.0. The van der Waals surface area contributed by atoms with Crippen LogP contribution >= 0.6 is 11.3 Å². The highest BCUT2D eigenvalue weighted by Gasteiger charge is 2.11. The van der Waals surface area contributed by atoms with Gasteiger partial charge in [-0.3, -0.25) is 5.10 Å². The Bertz CT molecular complexity index is 702. The number of rotatable bonds is 3. The van der Waals surface area contributed by atoms with Gasteiger partial charge in [-0.1, -0.05) is 0 Å². The summed E-state index contributed by atoms with van der Waals surface area (Å²) in [6, 6.07) is 3.93. The van der Waals surface area contributed by atoms with E-state index < -0.39 is 0 Å². The molecule has 3 aromatic rings. The van der Waals surface area contributed by atoms with Gasteiger partial charge in [-0.15, -0.1) is 11.3 Å². The van der Waals surface area contributed by atoms with Crippen molar-refractivity contribution in [2.75, 3.05) is 11.1 Å². The molecule has 1 aromatic carbocycles. The molecule has 0 fully saturated rings. The summed E-state index contributed by atoms with van der Waals surface area (Å²) in [6.45, 7) is 3.99. The molecule has 0 radical (unpaired) electrons. The first kappa shape index (κ1) is 11.9. The van der Waals surface area contributed by atoms with Crippen molar-refractivity contribution < 1.29 is 0 Å². The van der Waals surface area contributed by atoms with Gasteiger partial charge in [0, 0.05) is 0 Å². The average Bonchev–Trinajstić information content (AvgIpc) is 2.97. The van der Waals surface area contributed by atoms with E-state index in [0.717, 1.165) is 26.7 Å². The number of nitrogens with zero attached hydrogens (tertiary/aromatic N) is 3. The number of nitrogens with two attached hydrogens (primary N) is 1. The number of aromatic nitrogens is 4. The zero-order valence-corrected chi connectivity index (χ0v) is 11.5. The van der Waals surface area contributed by atoms with Crippen molar-refractivity contribution in [2.45, 2.75) is 19.9 Å². The molecule has 0 aliphatic rings. The van der Waals surface area contributed by atoms with Crippen LogP contribution < -0.4 is 11.1 Å². The van der Waals surface area contributed by atoms with E-state index in [1.807, 2.05) is 26.0 Å². The van der Waals surface area contributed by atoms with Gasteiger partial charge >= 0.3 is 0 Å². The summed E-state index contributed by atoms with van der Waals surface area (Å²) in [4.78, 5) is 8.60. The third-order valence-electron chi connectivity index (χ3n) is 2.88. The van der Waals surface area contributed by atoms with Crippen LogP contribution in [0.25, 0.3) is 10.2 Å². The lowest BCUT2D eigenvalue weighted by atomic mass is 10.2. The Hall–Kier alpha value is -2.15. The largest absolute Gasteiger partial charge is 0.397 e. The summed E-state index contributed by atoms with van der Waals surface area (Å²) in [7, 11) is 0. The Balaban J connectivity index is 1.94. The fourth-order valence-corrected chi connectivity index (χ4v) is 2.81. The lowest BCUT2D eigenvalue weighted by molar-refractivity contribution is 0.796. The Kier molecular flexibility index (Phi) is 2.83. The zero-order valence-electron chi connectivity index (χ0n) is 10.6. The van der Waals surface area contributed by atoms with E-state index in [-0.39, 0.29) is 6.04 Å². The molecule has 2 heterocycles. The van der Waals surface area contributed by atoms with Crippen molar-refractivity contribution in [3.8, 4) is 0 Å². The highest BCUT2D eigenvalue weighted by molar-refractivity contribution is 7.18. The van der Waals surface area contributed by atoms with Gasteiger partial charge in [-0.25, -0.2) is 9.97 Å². The van der Waals surface area contributed by atoms with Crippen LogP contribution in [-0.2, 0) is 0 Å². The first-order valence-corrected chi connectivity index (χ1v) is 6.73. The molecule has 3 rings (SSSR count). The van der Waals surface area contributed by atoms with Crippen LogP contribution in [0.15, 0.2) is 18.5 Å². The number of hydrogen-bond donors (Lipinski definition) is 3. The maximum absolute atomic E-state index is 6.07. The number of benzene rings is 1. The van der Waals surface area contributed by atoms with Crippen molar-refractivity contribution in [2.24, 2.45) is 0 Å². The molecule has 4 N–H and O–H groups in total. The van der Waals surface area contributed by atoms with Gasteiger partial charge in [-0.05, 0) is 26.0 Å². The van der Waals surface area contributed by atoms with Crippen LogP contribution in [0.3, 0.4) is 0 Å². The molecule has 0 spiro atoms. The minimum absolute atomic E-state index is 0.00184. The number of aryl methyl sites for hydroxylation is 1. The van der Waals surface area contributed by atoms with E-state index in [1.165, 1.54) is 6.33 Å². The van der Waals surface area contributed by atoms with Crippen molar-refractivity contribution in [3.05, 3.63) is 29.3 Å². The monoisotopic (exact) mass is 274 g/mol. The van der Waals surface area contributed by atoms with E-state index >= 15 is 0 Å². The molecule has 0 saturated carbocycles. The summed E-state index contributed by atoms with van der Waals surface area (Å²) in [5.74, 6) is 0.772. The fraction of sp³-hybridized carbons (Fsp3) is 0.250. The molecule has 7 heteroatoms. The molecule has 98 valence electrons. The number of aromatic amines is 1. The number of nitrogen functional groups attached to an aromatic ring is 1. The SMILES string of the molecule is Cc1nc2cc(NC(C)c3ncn[nH]3)c(N)cc2s1. The third-order valence-corrected chi connectivity index (χ3v) is 3.82. The molecule has 1 unspecified atom stereocenters. The fourth-order valence-electron chi connectivity index (χ4n) is 1.95. The molecule has 2 aromatic heterocycles. The van der Waals surface area contributed by atoms with Crippen molar-refractivity contribution in [1.82, 2.24) is 20.2 Å². The summed E-state index contributed by atoms with van der Waals surface area (Å²) < 4.78 is 1.10. The van der Waals surface area contributed by atoms with Gasteiger partial charge in [-0.2, -0.15) is 5.10 Å². The molecule has 0 aliphatic carbocycles. The standard InChI is InChI=1S/C12H14N6S/c1-6(12-14-5-15-18-12)16-9-4-10-11(3-8(9)13)19-7(2)17-10/h3-6,16H,13H2,1-2H3,(H,14,15,18). The molecule has 0 bridgehead atoms. The Morgan fingerprint density at radius 1 is 1.42 bits per heavy atom. The third kappa shape index (κ3) is 2.24. The van der Waals surface area contributed by atoms with Crippen LogP contribution in [-0.4, -0.2) is 20.2 Å². The first-order valence-electron chi connectivity index (χ1n) is 5.92. The predicted molar refractivity (Wildman–Crippen MR) is 77.2 cm³/mol. The lowest BCUT2D eigenvalue weighted by Gasteiger charge is -2.14. The molecule has 0 aliphatic heterocycles. The van der Waals surface area contributed by atoms with E-state index in [2.05, 4.69) is 25.5 Å². The predicted octanol–water partition coefficient (Wildman–Crippen LogP) is 2.48. The number of fused-ring (bicyclic) bond motifs is 1. The molecule has 0 amide bonds. The van der Waals surface area contributed by atoms with Crippen LogP contribution in [0.4, 0.5) is 11.4 Å². The Morgan fingerprint density at radius 2 is 2.26 bits per heavy atom. The van der Waals surface area contributed by atoms with E-state index in [0.29, 0.717) is 5.69 Å². The lowest BCUT2D eigenvalue weighted by Crippen LogP contribution is -2.10. The molecule has 19 heavy (non-hydrogen) atoms. The van der Waals surface area contributed by atoms with Crippen LogP contribution in [0.5, 0.6) is 0 Å². The summed E-state index contributed by atoms with van der Waals surface area (Å²) in [5.41, 5.74) is 8.60. The van der Waals surface area contributed by atoms with E-state index in [1.54, 1.807) is 11.3 Å². The van der Waals surface area contributed by atoms with E-state index in [4.69, 9.17) is 5.73 Å². The van der Waals surface area contributed by atoms with Crippen LogP contribution in [0.1, 0.15) is 23.8 Å². The van der Waals surface area contributed by atoms with Crippen molar-refractivity contribution >= 4 is 32.9 Å². The normalized spacial score (nSPS) is 12.7. The quantitative estimate of drug-likeness (QED) is 0.638. The van der Waals surface area contributed by atoms with Gasteiger partial charge in [0.1, 0.15) is 12.2 Å². The van der Waals surface area contributed by atoms with Gasteiger partial charge in [0.2, 0.25) is 0 Å². The molecular formula is C12H14N6S. The summed E-state index contributed by atoms with van der Waals surface area (Å²) in [6.07, 6.45) is 1.49. The molecule has 6 nitrogen and oxygen atoms in total. The Morgan fingerprint density at radius 3 is 3.00 bits per heavy atom. The number of anilines is 2. The van der Waals surface area contributed by atoms with E-state index in [9.17, 15) is 0 Å². The number of nitrogens with one attached hydrogen (secondary N) is 2. The average molecular weight is 274 g/mol. The minimum atomic E-state index is 0.00184. The maximum atomic E-state index is 6.07. The molecule has 1 atom stereocenters. The van der Waals surface area contributed by atoms with Crippen LogP contribution in [0, 0.1) is 6.92 Å². The second-order valence-electron chi connectivity index (χ2n) is 4.38. The highest BCUT2D eigenvalue weighted by atomic mass is 32.1. The number of H-pyrrole nitrogens is 1. The second kappa shape index (κ2) is 4.51. The minimum Gasteiger partial charge on any atom is -0.397 e. The maximum Gasteiger partial charge on any atom is 0.146 e. The van der Waals surface area contributed by atoms with Gasteiger partial charge in [0.05, 0.1) is 32.6 Å². The van der Waals surface area contributed by atoms with Gasteiger partial charge in [0.25, 0.3) is 0 Å². The number of hydrogen-bond acceptors (Lipinski definition) is 6. The van der Waals surface area contributed by atoms with Gasteiger partial charge in [0.15, 0.2) is 0 Å². The first-order chi connectivity index (χ1) is 9.13. The smallest absolute Gasteiger partial charge is 0.146 e. The topological polar surface area (TPSA) is 92.5 Å². The summed E-state index contributed by atoms with van der Waals surface area (Å²) >= 11 is 1.64. The second-order valence-corrected chi connectivity index (χ2v) is 5.61. The highest BCUT2D eigenvalue weighted by Crippen LogP contribution is 2.31. The Labute approximate surface area is 114 Å².